The summed E-state index contributed by atoms with van der Waals surface area (Å²) in [5.74, 6) is -0.413. The summed E-state index contributed by atoms with van der Waals surface area (Å²) >= 11 is 1.42. The molecular weight excluding hydrogens is 400 g/mol. The van der Waals surface area contributed by atoms with E-state index in [1.807, 2.05) is 37.3 Å². The van der Waals surface area contributed by atoms with Crippen molar-refractivity contribution in [3.8, 4) is 0 Å². The van der Waals surface area contributed by atoms with Gasteiger partial charge in [-0.05, 0) is 25.0 Å². The van der Waals surface area contributed by atoms with Crippen molar-refractivity contribution in [2.45, 2.75) is 13.3 Å². The van der Waals surface area contributed by atoms with E-state index in [2.05, 4.69) is 15.2 Å². The summed E-state index contributed by atoms with van der Waals surface area (Å²) in [6.07, 6.45) is 5.83. The highest BCUT2D eigenvalue weighted by Crippen LogP contribution is 2.16. The molecule has 0 atom stereocenters. The zero-order valence-corrected chi connectivity index (χ0v) is 18.1. The number of amides is 2. The van der Waals surface area contributed by atoms with Crippen LogP contribution in [0.4, 0.5) is 5.13 Å². The lowest BCUT2D eigenvalue weighted by Gasteiger charge is -2.28. The molecule has 1 N–H and O–H groups in total. The highest BCUT2D eigenvalue weighted by atomic mass is 32.1. The minimum atomic E-state index is -0.239. The Labute approximate surface area is 181 Å². The molecule has 2 heterocycles. The van der Waals surface area contributed by atoms with Gasteiger partial charge in [0.05, 0.1) is 13.2 Å². The third kappa shape index (κ3) is 7.37. The summed E-state index contributed by atoms with van der Waals surface area (Å²) in [5, 5.41) is 3.34. The van der Waals surface area contributed by atoms with Crippen molar-refractivity contribution in [3.05, 3.63) is 53.0 Å². The predicted octanol–water partition coefficient (Wildman–Crippen LogP) is 2.65. The van der Waals surface area contributed by atoms with Gasteiger partial charge in [0.2, 0.25) is 11.8 Å². The van der Waals surface area contributed by atoms with Crippen LogP contribution in [0.5, 0.6) is 0 Å². The first-order chi connectivity index (χ1) is 14.6. The van der Waals surface area contributed by atoms with Crippen molar-refractivity contribution in [3.63, 3.8) is 0 Å². The molecule has 0 unspecified atom stereocenters. The quantitative estimate of drug-likeness (QED) is 0.622. The minimum absolute atomic E-state index is 0.000296. The van der Waals surface area contributed by atoms with E-state index < -0.39 is 0 Å². The lowest BCUT2D eigenvalue weighted by atomic mass is 10.2. The second kappa shape index (κ2) is 11.6. The van der Waals surface area contributed by atoms with Crippen LogP contribution in [0.25, 0.3) is 6.08 Å². The van der Waals surface area contributed by atoms with Crippen molar-refractivity contribution in [2.24, 2.45) is 0 Å². The van der Waals surface area contributed by atoms with E-state index in [1.165, 1.54) is 17.4 Å². The fraction of sp³-hybridized carbons (Fsp3) is 0.409. The monoisotopic (exact) mass is 428 g/mol. The van der Waals surface area contributed by atoms with Crippen LogP contribution in [0.1, 0.15) is 16.9 Å². The van der Waals surface area contributed by atoms with Gasteiger partial charge < -0.3 is 15.0 Å². The number of ether oxygens (including phenoxy) is 1. The molecule has 8 heteroatoms. The number of carbonyl (C=O) groups excluding carboxylic acids is 2. The van der Waals surface area contributed by atoms with Gasteiger partial charge in [0.25, 0.3) is 0 Å². The zero-order chi connectivity index (χ0) is 21.2. The SMILES string of the molecule is Cc1cnc(NC(=O)CN(CCCN2CCOCC2)C(=O)C=Cc2ccccc2)s1. The van der Waals surface area contributed by atoms with E-state index in [-0.39, 0.29) is 18.4 Å². The van der Waals surface area contributed by atoms with Crippen LogP contribution in [0.3, 0.4) is 0 Å². The van der Waals surface area contributed by atoms with Gasteiger partial charge in [0, 0.05) is 43.3 Å². The van der Waals surface area contributed by atoms with Crippen LogP contribution in [-0.2, 0) is 14.3 Å². The number of hydrogen-bond donors (Lipinski definition) is 1. The van der Waals surface area contributed by atoms with Crippen molar-refractivity contribution < 1.29 is 14.3 Å². The van der Waals surface area contributed by atoms with Crippen LogP contribution in [0.2, 0.25) is 0 Å². The zero-order valence-electron chi connectivity index (χ0n) is 17.3. The number of nitrogens with one attached hydrogen (secondary N) is 1. The Kier molecular flexibility index (Phi) is 8.55. The summed E-state index contributed by atoms with van der Waals surface area (Å²) < 4.78 is 5.38. The highest BCUT2D eigenvalue weighted by Gasteiger charge is 2.17. The Morgan fingerprint density at radius 1 is 1.27 bits per heavy atom. The number of aryl methyl sites for hydroxylation is 1. The molecule has 30 heavy (non-hydrogen) atoms. The first kappa shape index (κ1) is 22.1. The van der Waals surface area contributed by atoms with E-state index in [4.69, 9.17) is 4.74 Å². The average molecular weight is 429 g/mol. The number of nitrogens with zero attached hydrogens (tertiary/aromatic N) is 3. The number of morpholine rings is 1. The van der Waals surface area contributed by atoms with E-state index >= 15 is 0 Å². The summed E-state index contributed by atoms with van der Waals surface area (Å²) in [6.45, 7) is 6.64. The van der Waals surface area contributed by atoms with Crippen molar-refractivity contribution in [1.29, 1.82) is 0 Å². The van der Waals surface area contributed by atoms with Gasteiger partial charge in [-0.2, -0.15) is 0 Å². The first-order valence-corrected chi connectivity index (χ1v) is 11.0. The smallest absolute Gasteiger partial charge is 0.247 e. The third-order valence-corrected chi connectivity index (χ3v) is 5.57. The highest BCUT2D eigenvalue weighted by molar-refractivity contribution is 7.15. The van der Waals surface area contributed by atoms with E-state index in [1.54, 1.807) is 17.2 Å². The Morgan fingerprint density at radius 2 is 2.03 bits per heavy atom. The number of benzene rings is 1. The molecule has 0 spiro atoms. The molecule has 0 radical (unpaired) electrons. The molecule has 1 fully saturated rings. The number of carbonyl (C=O) groups is 2. The molecule has 1 aliphatic heterocycles. The van der Waals surface area contributed by atoms with Crippen molar-refractivity contribution >= 4 is 34.4 Å². The number of anilines is 1. The molecule has 1 aromatic carbocycles. The summed E-state index contributed by atoms with van der Waals surface area (Å²) in [7, 11) is 0. The number of rotatable bonds is 9. The molecule has 1 aliphatic rings. The van der Waals surface area contributed by atoms with Crippen molar-refractivity contribution in [2.75, 3.05) is 51.3 Å². The van der Waals surface area contributed by atoms with Crippen LogP contribution >= 0.6 is 11.3 Å². The topological polar surface area (TPSA) is 74.8 Å². The van der Waals surface area contributed by atoms with Gasteiger partial charge in [-0.25, -0.2) is 4.98 Å². The van der Waals surface area contributed by atoms with Crippen molar-refractivity contribution in [1.82, 2.24) is 14.8 Å². The molecule has 2 aromatic rings. The van der Waals surface area contributed by atoms with Crippen LogP contribution in [-0.4, -0.2) is 72.5 Å². The standard InChI is InChI=1S/C22H28N4O3S/c1-18-16-23-22(30-18)24-20(27)17-26(11-5-10-25-12-14-29-15-13-25)21(28)9-8-19-6-3-2-4-7-19/h2-4,6-9,16H,5,10-15,17H2,1H3,(H,23,24,27). The molecule has 160 valence electrons. The summed E-state index contributed by atoms with van der Waals surface area (Å²) in [4.78, 5) is 34.4. The fourth-order valence-corrected chi connectivity index (χ4v) is 3.84. The Morgan fingerprint density at radius 3 is 2.73 bits per heavy atom. The largest absolute Gasteiger partial charge is 0.379 e. The first-order valence-electron chi connectivity index (χ1n) is 10.1. The lowest BCUT2D eigenvalue weighted by Crippen LogP contribution is -2.41. The molecule has 7 nitrogen and oxygen atoms in total. The lowest BCUT2D eigenvalue weighted by molar-refractivity contribution is -0.130. The van der Waals surface area contributed by atoms with E-state index in [0.29, 0.717) is 11.7 Å². The Hall–Kier alpha value is -2.55. The van der Waals surface area contributed by atoms with Crippen LogP contribution in [0.15, 0.2) is 42.6 Å². The molecule has 3 rings (SSSR count). The van der Waals surface area contributed by atoms with Gasteiger partial charge in [-0.3, -0.25) is 14.5 Å². The summed E-state index contributed by atoms with van der Waals surface area (Å²) in [6, 6.07) is 9.65. The van der Waals surface area contributed by atoms with E-state index in [0.717, 1.165) is 49.7 Å². The number of aromatic nitrogens is 1. The molecule has 2 amide bonds. The Balaban J connectivity index is 1.58. The van der Waals surface area contributed by atoms with Gasteiger partial charge in [-0.1, -0.05) is 30.3 Å². The van der Waals surface area contributed by atoms with Gasteiger partial charge in [0.15, 0.2) is 5.13 Å². The van der Waals surface area contributed by atoms with Crippen LogP contribution in [0, 0.1) is 6.92 Å². The van der Waals surface area contributed by atoms with Crippen LogP contribution < -0.4 is 5.32 Å². The maximum Gasteiger partial charge on any atom is 0.247 e. The minimum Gasteiger partial charge on any atom is -0.379 e. The van der Waals surface area contributed by atoms with Gasteiger partial charge >= 0.3 is 0 Å². The van der Waals surface area contributed by atoms with Gasteiger partial charge in [-0.15, -0.1) is 11.3 Å². The molecule has 1 saturated heterocycles. The third-order valence-electron chi connectivity index (χ3n) is 4.74. The maximum atomic E-state index is 12.8. The average Bonchev–Trinajstić information content (AvgIpc) is 3.17. The normalized spacial score (nSPS) is 14.7. The van der Waals surface area contributed by atoms with E-state index in [9.17, 15) is 9.59 Å². The molecule has 1 aromatic heterocycles. The molecule has 0 aliphatic carbocycles. The summed E-state index contributed by atoms with van der Waals surface area (Å²) in [5.41, 5.74) is 0.946. The molecule has 0 bridgehead atoms. The predicted molar refractivity (Wildman–Crippen MR) is 119 cm³/mol. The number of hydrogen-bond acceptors (Lipinski definition) is 6. The number of thiazole rings is 1. The second-order valence-corrected chi connectivity index (χ2v) is 8.37. The fourth-order valence-electron chi connectivity index (χ4n) is 3.16. The molecular formula is C22H28N4O3S. The Bertz CT molecular complexity index is 847. The second-order valence-electron chi connectivity index (χ2n) is 7.14. The maximum absolute atomic E-state index is 12.8. The van der Waals surface area contributed by atoms with Gasteiger partial charge in [0.1, 0.15) is 6.54 Å². The molecule has 0 saturated carbocycles.